The molecule has 3 aliphatic rings. The Morgan fingerprint density at radius 3 is 2.33 bits per heavy atom. The number of nitrogens with zero attached hydrogens (tertiary/aromatic N) is 1. The van der Waals surface area contributed by atoms with Crippen molar-refractivity contribution in [1.29, 1.82) is 0 Å². The number of hydrogen-bond acceptors (Lipinski definition) is 6. The smallest absolute Gasteiger partial charge is 0.306 e. The summed E-state index contributed by atoms with van der Waals surface area (Å²) in [5, 5.41) is 14.1. The number of thioether (sulfide) groups is 1. The summed E-state index contributed by atoms with van der Waals surface area (Å²) in [7, 11) is 0. The number of thiocarbonyl (C=S) groups is 1. The van der Waals surface area contributed by atoms with Crippen LogP contribution in [0.4, 0.5) is 8.78 Å². The molecule has 2 aromatic rings. The summed E-state index contributed by atoms with van der Waals surface area (Å²) in [6, 6.07) is 5.58. The van der Waals surface area contributed by atoms with E-state index in [1.54, 1.807) is 11.0 Å². The molecule has 3 fully saturated rings. The van der Waals surface area contributed by atoms with Crippen LogP contribution in [-0.4, -0.2) is 44.2 Å². The number of carboxylic acids is 1. The Balaban J connectivity index is 1.16. The summed E-state index contributed by atoms with van der Waals surface area (Å²) in [5.41, 5.74) is 1.30. The summed E-state index contributed by atoms with van der Waals surface area (Å²) in [5.74, 6) is -3.11. The van der Waals surface area contributed by atoms with Gasteiger partial charge in [-0.25, -0.2) is 8.78 Å². The fourth-order valence-electron chi connectivity index (χ4n) is 5.58. The minimum atomic E-state index is -0.906. The van der Waals surface area contributed by atoms with Crippen molar-refractivity contribution in [2.45, 2.75) is 63.5 Å². The molecule has 11 heteroatoms. The van der Waals surface area contributed by atoms with Crippen LogP contribution in [0.3, 0.4) is 0 Å². The minimum Gasteiger partial charge on any atom is -0.481 e. The van der Waals surface area contributed by atoms with E-state index < -0.39 is 17.6 Å². The van der Waals surface area contributed by atoms with E-state index in [2.05, 4.69) is 5.32 Å². The van der Waals surface area contributed by atoms with Gasteiger partial charge in [-0.05, 0) is 92.1 Å². The Morgan fingerprint density at radius 1 is 0.974 bits per heavy atom. The Bertz CT molecular complexity index is 1330. The molecule has 1 saturated heterocycles. The van der Waals surface area contributed by atoms with Gasteiger partial charge in [0.2, 0.25) is 5.91 Å². The van der Waals surface area contributed by atoms with Gasteiger partial charge in [0.05, 0.1) is 10.8 Å². The van der Waals surface area contributed by atoms with Crippen LogP contribution in [0.5, 0.6) is 0 Å². The summed E-state index contributed by atoms with van der Waals surface area (Å²) in [6.07, 6.45) is 7.04. The second-order valence-electron chi connectivity index (χ2n) is 10.3. The normalized spacial score (nSPS) is 26.7. The summed E-state index contributed by atoms with van der Waals surface area (Å²) in [4.78, 5) is 40.3. The molecule has 0 unspecified atom stereocenters. The predicted molar refractivity (Wildman–Crippen MR) is 152 cm³/mol. The van der Waals surface area contributed by atoms with Gasteiger partial charge in [0.15, 0.2) is 11.6 Å². The Labute approximate surface area is 238 Å². The van der Waals surface area contributed by atoms with E-state index in [9.17, 15) is 23.2 Å². The summed E-state index contributed by atoms with van der Waals surface area (Å²) < 4.78 is 27.4. The summed E-state index contributed by atoms with van der Waals surface area (Å²) in [6.45, 7) is 0. The zero-order chi connectivity index (χ0) is 27.7. The van der Waals surface area contributed by atoms with Crippen molar-refractivity contribution in [3.05, 3.63) is 51.1 Å². The molecule has 1 aromatic heterocycles. The van der Waals surface area contributed by atoms with Crippen molar-refractivity contribution in [3.63, 3.8) is 0 Å². The number of nitrogens with one attached hydrogen (secondary N) is 1. The van der Waals surface area contributed by atoms with Crippen LogP contribution in [0.1, 0.15) is 56.2 Å². The average molecular weight is 591 g/mol. The molecule has 0 spiro atoms. The van der Waals surface area contributed by atoms with Gasteiger partial charge in [-0.1, -0.05) is 30.0 Å². The SMILES string of the molecule is O=C(O)C1CCC(NC(=O)C2CCC(N3C(=O)/C(=C/c4cc(-c5ccc(F)c(F)c5)cs4)SC3=S)CC2)CC1. The number of hydrogen-bond donors (Lipinski definition) is 2. The third kappa shape index (κ3) is 6.25. The van der Waals surface area contributed by atoms with E-state index in [0.717, 1.165) is 22.6 Å². The number of rotatable bonds is 6. The Morgan fingerprint density at radius 2 is 1.67 bits per heavy atom. The second-order valence-corrected chi connectivity index (χ2v) is 12.9. The monoisotopic (exact) mass is 590 g/mol. The maximum atomic E-state index is 13.6. The Kier molecular flexibility index (Phi) is 8.49. The molecule has 2 saturated carbocycles. The number of thiophene rings is 1. The maximum absolute atomic E-state index is 13.6. The van der Waals surface area contributed by atoms with E-state index in [-0.39, 0.29) is 35.7 Å². The highest BCUT2D eigenvalue weighted by Crippen LogP contribution is 2.39. The highest BCUT2D eigenvalue weighted by Gasteiger charge is 2.40. The second kappa shape index (κ2) is 11.9. The number of benzene rings is 1. The van der Waals surface area contributed by atoms with Gasteiger partial charge in [0.25, 0.3) is 5.91 Å². The molecule has 2 amide bonds. The van der Waals surface area contributed by atoms with E-state index in [1.165, 1.54) is 29.2 Å². The van der Waals surface area contributed by atoms with Crippen LogP contribution in [0.15, 0.2) is 34.6 Å². The van der Waals surface area contributed by atoms with Crippen LogP contribution >= 0.6 is 35.3 Å². The lowest BCUT2D eigenvalue weighted by molar-refractivity contribution is -0.142. The van der Waals surface area contributed by atoms with Crippen LogP contribution in [0, 0.1) is 23.5 Å². The molecule has 39 heavy (non-hydrogen) atoms. The van der Waals surface area contributed by atoms with Crippen molar-refractivity contribution in [2.75, 3.05) is 0 Å². The van der Waals surface area contributed by atoms with E-state index in [0.29, 0.717) is 66.2 Å². The molecule has 2 N–H and O–H groups in total. The number of amides is 2. The highest BCUT2D eigenvalue weighted by molar-refractivity contribution is 8.26. The van der Waals surface area contributed by atoms with Gasteiger partial charge in [-0.3, -0.25) is 19.3 Å². The number of carbonyl (C=O) groups is 3. The van der Waals surface area contributed by atoms with Crippen molar-refractivity contribution in [3.8, 4) is 11.1 Å². The zero-order valence-corrected chi connectivity index (χ0v) is 23.5. The number of carbonyl (C=O) groups excluding carboxylic acids is 2. The predicted octanol–water partition coefficient (Wildman–Crippen LogP) is 6.21. The minimum absolute atomic E-state index is 0.0204. The van der Waals surface area contributed by atoms with E-state index in [1.807, 2.05) is 11.4 Å². The first-order chi connectivity index (χ1) is 18.7. The molecule has 0 radical (unpaired) electrons. The third-order valence-electron chi connectivity index (χ3n) is 7.83. The van der Waals surface area contributed by atoms with Crippen molar-refractivity contribution < 1.29 is 28.3 Å². The van der Waals surface area contributed by atoms with E-state index in [4.69, 9.17) is 17.3 Å². The average Bonchev–Trinajstić information content (AvgIpc) is 3.50. The van der Waals surface area contributed by atoms with Gasteiger partial charge >= 0.3 is 5.97 Å². The van der Waals surface area contributed by atoms with Crippen LogP contribution in [0.2, 0.25) is 0 Å². The third-order valence-corrected chi connectivity index (χ3v) is 10.0. The molecule has 6 nitrogen and oxygen atoms in total. The molecule has 206 valence electrons. The molecule has 1 aliphatic heterocycles. The first-order valence-corrected chi connectivity index (χ1v) is 15.1. The first kappa shape index (κ1) is 27.9. The molecule has 2 heterocycles. The lowest BCUT2D eigenvalue weighted by Crippen LogP contribution is -2.45. The summed E-state index contributed by atoms with van der Waals surface area (Å²) >= 11 is 8.21. The van der Waals surface area contributed by atoms with Gasteiger partial charge in [0.1, 0.15) is 4.32 Å². The largest absolute Gasteiger partial charge is 0.481 e. The number of carboxylic acid groups (broad SMARTS) is 1. The molecule has 5 rings (SSSR count). The lowest BCUT2D eigenvalue weighted by Gasteiger charge is -2.34. The molecular weight excluding hydrogens is 563 g/mol. The van der Waals surface area contributed by atoms with Crippen molar-refractivity contribution in [1.82, 2.24) is 10.2 Å². The molecular formula is C28H28F2N2O4S3. The Hall–Kier alpha value is -2.63. The van der Waals surface area contributed by atoms with Gasteiger partial charge in [-0.2, -0.15) is 0 Å². The van der Waals surface area contributed by atoms with Gasteiger partial charge < -0.3 is 10.4 Å². The van der Waals surface area contributed by atoms with Gasteiger partial charge in [0, 0.05) is 22.9 Å². The number of halogens is 2. The first-order valence-electron chi connectivity index (χ1n) is 13.0. The zero-order valence-electron chi connectivity index (χ0n) is 21.0. The molecule has 1 aromatic carbocycles. The van der Waals surface area contributed by atoms with Gasteiger partial charge in [-0.15, -0.1) is 11.3 Å². The van der Waals surface area contributed by atoms with Crippen LogP contribution in [0.25, 0.3) is 17.2 Å². The van der Waals surface area contributed by atoms with Crippen molar-refractivity contribution >= 4 is 63.5 Å². The van der Waals surface area contributed by atoms with Crippen molar-refractivity contribution in [2.24, 2.45) is 11.8 Å². The quantitative estimate of drug-likeness (QED) is 0.307. The lowest BCUT2D eigenvalue weighted by atomic mass is 9.83. The van der Waals surface area contributed by atoms with Crippen LogP contribution in [-0.2, 0) is 14.4 Å². The van der Waals surface area contributed by atoms with E-state index >= 15 is 0 Å². The topological polar surface area (TPSA) is 86.7 Å². The number of aliphatic carboxylic acids is 1. The fourth-order valence-corrected chi connectivity index (χ4v) is 7.89. The molecule has 0 bridgehead atoms. The molecule has 0 atom stereocenters. The molecule has 2 aliphatic carbocycles. The fraction of sp³-hybridized carbons (Fsp3) is 0.429. The maximum Gasteiger partial charge on any atom is 0.306 e. The standard InChI is InChI=1S/C28H28F2N2O4S3/c29-22-10-5-17(12-23(22)30)18-11-21(38-14-18)13-24-26(34)32(28(37)39-24)20-8-3-15(4-9-20)25(33)31-19-6-1-16(2-7-19)27(35)36/h5,10-16,19-20H,1-4,6-9H2,(H,31,33)(H,35,36)/b24-13-. The van der Waals surface area contributed by atoms with Crippen LogP contribution < -0.4 is 5.32 Å². The highest BCUT2D eigenvalue weighted by atomic mass is 32.2.